The van der Waals surface area contributed by atoms with Crippen LogP contribution in [0.5, 0.6) is 0 Å². The first-order valence-electron chi connectivity index (χ1n) is 6.14. The normalized spacial score (nSPS) is 25.9. The molecule has 1 heterocycles. The standard InChI is InChI=1S/C13H21NS/c1-2-11-5-6-12(10-11)14-8-7-13-4-3-9-15-13/h3-4,9,11-12,14H,2,5-8,10H2,1H3. The van der Waals surface area contributed by atoms with Gasteiger partial charge in [0.2, 0.25) is 0 Å². The van der Waals surface area contributed by atoms with Gasteiger partial charge in [-0.25, -0.2) is 0 Å². The third kappa shape index (κ3) is 3.32. The Labute approximate surface area is 96.9 Å². The van der Waals surface area contributed by atoms with Gasteiger partial charge in [0, 0.05) is 17.5 Å². The molecule has 0 aromatic carbocycles. The Morgan fingerprint density at radius 3 is 3.07 bits per heavy atom. The van der Waals surface area contributed by atoms with Crippen LogP contribution in [0.25, 0.3) is 0 Å². The van der Waals surface area contributed by atoms with Crippen molar-refractivity contribution < 1.29 is 0 Å². The highest BCUT2D eigenvalue weighted by atomic mass is 32.1. The molecule has 1 aliphatic rings. The molecule has 15 heavy (non-hydrogen) atoms. The zero-order valence-electron chi connectivity index (χ0n) is 9.54. The summed E-state index contributed by atoms with van der Waals surface area (Å²) in [6.45, 7) is 3.47. The summed E-state index contributed by atoms with van der Waals surface area (Å²) in [6.07, 6.45) is 6.80. The van der Waals surface area contributed by atoms with E-state index in [1.54, 1.807) is 0 Å². The van der Waals surface area contributed by atoms with E-state index in [0.29, 0.717) is 0 Å². The molecule has 0 saturated heterocycles. The molecule has 84 valence electrons. The highest BCUT2D eigenvalue weighted by Crippen LogP contribution is 2.27. The first kappa shape index (κ1) is 11.2. The van der Waals surface area contributed by atoms with Crippen molar-refractivity contribution in [1.29, 1.82) is 0 Å². The van der Waals surface area contributed by atoms with E-state index in [4.69, 9.17) is 0 Å². The Balaban J connectivity index is 1.63. The molecule has 0 aliphatic heterocycles. The Morgan fingerprint density at radius 1 is 1.47 bits per heavy atom. The zero-order chi connectivity index (χ0) is 10.5. The van der Waals surface area contributed by atoms with E-state index in [0.717, 1.165) is 18.5 Å². The van der Waals surface area contributed by atoms with Gasteiger partial charge in [0.15, 0.2) is 0 Å². The molecule has 2 heteroatoms. The van der Waals surface area contributed by atoms with Crippen LogP contribution in [0.15, 0.2) is 17.5 Å². The maximum absolute atomic E-state index is 3.69. The molecule has 1 fully saturated rings. The van der Waals surface area contributed by atoms with Crippen molar-refractivity contribution in [2.45, 2.75) is 45.1 Å². The molecule has 0 bridgehead atoms. The minimum atomic E-state index is 0.801. The van der Waals surface area contributed by atoms with Crippen LogP contribution in [0.3, 0.4) is 0 Å². The van der Waals surface area contributed by atoms with Crippen LogP contribution in [-0.2, 0) is 6.42 Å². The Morgan fingerprint density at radius 2 is 2.40 bits per heavy atom. The summed E-state index contributed by atoms with van der Waals surface area (Å²) >= 11 is 1.87. The molecule has 1 nitrogen and oxygen atoms in total. The molecule has 2 atom stereocenters. The predicted molar refractivity (Wildman–Crippen MR) is 67.4 cm³/mol. The molecule has 1 aliphatic carbocycles. The number of hydrogen-bond acceptors (Lipinski definition) is 2. The average molecular weight is 223 g/mol. The molecule has 2 rings (SSSR count). The summed E-state index contributed by atoms with van der Waals surface area (Å²) in [5.74, 6) is 0.990. The first-order valence-corrected chi connectivity index (χ1v) is 7.02. The van der Waals surface area contributed by atoms with Gasteiger partial charge >= 0.3 is 0 Å². The van der Waals surface area contributed by atoms with E-state index in [1.165, 1.54) is 37.0 Å². The first-order chi connectivity index (χ1) is 7.38. The topological polar surface area (TPSA) is 12.0 Å². The second kappa shape index (κ2) is 5.66. The fourth-order valence-electron chi connectivity index (χ4n) is 2.49. The quantitative estimate of drug-likeness (QED) is 0.806. The summed E-state index contributed by atoms with van der Waals surface area (Å²) < 4.78 is 0. The largest absolute Gasteiger partial charge is 0.314 e. The monoisotopic (exact) mass is 223 g/mol. The summed E-state index contributed by atoms with van der Waals surface area (Å²) in [4.78, 5) is 1.51. The highest BCUT2D eigenvalue weighted by Gasteiger charge is 2.22. The van der Waals surface area contributed by atoms with Crippen LogP contribution in [0.2, 0.25) is 0 Å². The lowest BCUT2D eigenvalue weighted by atomic mass is 10.1. The second-order valence-corrected chi connectivity index (χ2v) is 5.60. The zero-order valence-corrected chi connectivity index (χ0v) is 10.4. The van der Waals surface area contributed by atoms with Gasteiger partial charge < -0.3 is 5.32 Å². The summed E-state index contributed by atoms with van der Waals surface area (Å²) in [7, 11) is 0. The van der Waals surface area contributed by atoms with Gasteiger partial charge in [0.25, 0.3) is 0 Å². The lowest BCUT2D eigenvalue weighted by molar-refractivity contribution is 0.480. The summed E-state index contributed by atoms with van der Waals surface area (Å²) in [5, 5.41) is 5.86. The molecular formula is C13H21NS. The maximum Gasteiger partial charge on any atom is 0.00699 e. The molecule has 0 spiro atoms. The van der Waals surface area contributed by atoms with E-state index >= 15 is 0 Å². The lowest BCUT2D eigenvalue weighted by Crippen LogP contribution is -2.28. The third-order valence-electron chi connectivity index (χ3n) is 3.50. The Hall–Kier alpha value is -0.340. The van der Waals surface area contributed by atoms with Gasteiger partial charge in [0.1, 0.15) is 0 Å². The Kier molecular flexibility index (Phi) is 4.21. The number of thiophene rings is 1. The number of rotatable bonds is 5. The summed E-state index contributed by atoms with van der Waals surface area (Å²) in [6, 6.07) is 5.17. The predicted octanol–water partition coefficient (Wildman–Crippen LogP) is 3.46. The fraction of sp³-hybridized carbons (Fsp3) is 0.692. The van der Waals surface area contributed by atoms with E-state index in [-0.39, 0.29) is 0 Å². The van der Waals surface area contributed by atoms with Crippen LogP contribution in [0, 0.1) is 5.92 Å². The average Bonchev–Trinajstić information content (AvgIpc) is 2.88. The van der Waals surface area contributed by atoms with Crippen molar-refractivity contribution in [3.8, 4) is 0 Å². The van der Waals surface area contributed by atoms with Crippen molar-refractivity contribution in [1.82, 2.24) is 5.32 Å². The van der Waals surface area contributed by atoms with Crippen molar-refractivity contribution in [2.75, 3.05) is 6.54 Å². The van der Waals surface area contributed by atoms with E-state index in [9.17, 15) is 0 Å². The van der Waals surface area contributed by atoms with E-state index in [1.807, 2.05) is 11.3 Å². The van der Waals surface area contributed by atoms with Gasteiger partial charge in [-0.1, -0.05) is 19.4 Å². The van der Waals surface area contributed by atoms with E-state index < -0.39 is 0 Å². The molecule has 1 aromatic heterocycles. The SMILES string of the molecule is CCC1CCC(NCCc2cccs2)C1. The van der Waals surface area contributed by atoms with Crippen LogP contribution in [-0.4, -0.2) is 12.6 Å². The lowest BCUT2D eigenvalue weighted by Gasteiger charge is -2.12. The maximum atomic E-state index is 3.69. The fourth-order valence-corrected chi connectivity index (χ4v) is 3.19. The molecule has 2 unspecified atom stereocenters. The summed E-state index contributed by atoms with van der Waals surface area (Å²) in [5.41, 5.74) is 0. The van der Waals surface area contributed by atoms with Gasteiger partial charge in [-0.3, -0.25) is 0 Å². The second-order valence-electron chi connectivity index (χ2n) is 4.57. The molecule has 1 N–H and O–H groups in total. The van der Waals surface area contributed by atoms with Crippen LogP contribution in [0.1, 0.15) is 37.5 Å². The molecule has 1 aromatic rings. The van der Waals surface area contributed by atoms with Crippen LogP contribution < -0.4 is 5.32 Å². The van der Waals surface area contributed by atoms with Crippen molar-refractivity contribution >= 4 is 11.3 Å². The minimum Gasteiger partial charge on any atom is -0.314 e. The highest BCUT2D eigenvalue weighted by molar-refractivity contribution is 7.09. The van der Waals surface area contributed by atoms with Crippen molar-refractivity contribution in [3.63, 3.8) is 0 Å². The van der Waals surface area contributed by atoms with Crippen molar-refractivity contribution in [3.05, 3.63) is 22.4 Å². The third-order valence-corrected chi connectivity index (χ3v) is 4.44. The van der Waals surface area contributed by atoms with Gasteiger partial charge in [-0.15, -0.1) is 11.3 Å². The minimum absolute atomic E-state index is 0.801. The van der Waals surface area contributed by atoms with Crippen LogP contribution in [0.4, 0.5) is 0 Å². The molecule has 0 radical (unpaired) electrons. The number of nitrogens with one attached hydrogen (secondary N) is 1. The van der Waals surface area contributed by atoms with Gasteiger partial charge in [0.05, 0.1) is 0 Å². The van der Waals surface area contributed by atoms with Gasteiger partial charge in [-0.05, 0) is 43.0 Å². The molecule has 1 saturated carbocycles. The van der Waals surface area contributed by atoms with E-state index in [2.05, 4.69) is 29.8 Å². The van der Waals surface area contributed by atoms with Crippen LogP contribution >= 0.6 is 11.3 Å². The molecular weight excluding hydrogens is 202 g/mol. The molecule has 0 amide bonds. The van der Waals surface area contributed by atoms with Crippen molar-refractivity contribution in [2.24, 2.45) is 5.92 Å². The Bertz CT molecular complexity index is 268. The number of hydrogen-bond donors (Lipinski definition) is 1. The van der Waals surface area contributed by atoms with Gasteiger partial charge in [-0.2, -0.15) is 0 Å². The smallest absolute Gasteiger partial charge is 0.00699 e.